The molecule has 170 valence electrons. The topological polar surface area (TPSA) is 113 Å². The quantitative estimate of drug-likeness (QED) is 0.608. The van der Waals surface area contributed by atoms with Gasteiger partial charge < -0.3 is 10.2 Å². The molecular formula is C20H20F4N6O2. The van der Waals surface area contributed by atoms with Crippen molar-refractivity contribution >= 4 is 5.91 Å². The number of hydrogen-bond donors (Lipinski definition) is 1. The van der Waals surface area contributed by atoms with E-state index in [4.69, 9.17) is 10.2 Å². The number of fused-ring (bicyclic) bond motifs is 1. The molecule has 2 aliphatic carbocycles. The lowest BCUT2D eigenvalue weighted by atomic mass is 10.0. The van der Waals surface area contributed by atoms with Gasteiger partial charge in [0, 0.05) is 25.1 Å². The Balaban J connectivity index is 0.000000166. The van der Waals surface area contributed by atoms with E-state index in [1.165, 1.54) is 6.20 Å². The van der Waals surface area contributed by atoms with Crippen LogP contribution in [0.25, 0.3) is 11.5 Å². The van der Waals surface area contributed by atoms with E-state index in [9.17, 15) is 22.4 Å². The van der Waals surface area contributed by atoms with Gasteiger partial charge in [-0.1, -0.05) is 0 Å². The molecular weight excluding hydrogens is 432 g/mol. The second kappa shape index (κ2) is 8.32. The predicted molar refractivity (Wildman–Crippen MR) is 103 cm³/mol. The van der Waals surface area contributed by atoms with E-state index in [0.717, 1.165) is 62.7 Å². The molecule has 5 rings (SSSR count). The van der Waals surface area contributed by atoms with Crippen molar-refractivity contribution < 1.29 is 26.8 Å². The highest BCUT2D eigenvalue weighted by Crippen LogP contribution is 2.40. The lowest BCUT2D eigenvalue weighted by Crippen LogP contribution is -2.17. The van der Waals surface area contributed by atoms with Gasteiger partial charge in [0.2, 0.25) is 11.7 Å². The van der Waals surface area contributed by atoms with Crippen molar-refractivity contribution in [1.29, 1.82) is 0 Å². The van der Waals surface area contributed by atoms with E-state index < -0.39 is 23.7 Å². The molecule has 3 aromatic heterocycles. The number of aryl methyl sites for hydroxylation is 3. The minimum atomic E-state index is -4.66. The minimum absolute atomic E-state index is 0.344. The Morgan fingerprint density at radius 3 is 2.50 bits per heavy atom. The number of nitrogens with two attached hydrogens (primary N) is 1. The lowest BCUT2D eigenvalue weighted by Gasteiger charge is -2.05. The van der Waals surface area contributed by atoms with Crippen molar-refractivity contribution in [2.75, 3.05) is 0 Å². The molecule has 0 unspecified atom stereocenters. The first-order valence-corrected chi connectivity index (χ1v) is 10.1. The van der Waals surface area contributed by atoms with Gasteiger partial charge in [-0.2, -0.15) is 18.2 Å². The summed E-state index contributed by atoms with van der Waals surface area (Å²) in [6, 6.07) is 1.81. The van der Waals surface area contributed by atoms with Crippen LogP contribution in [0.4, 0.5) is 17.6 Å². The molecule has 2 N–H and O–H groups in total. The summed E-state index contributed by atoms with van der Waals surface area (Å²) in [5.41, 5.74) is 7.18. The largest absolute Gasteiger partial charge is 0.453 e. The van der Waals surface area contributed by atoms with Gasteiger partial charge in [0.05, 0.1) is 17.5 Å². The highest BCUT2D eigenvalue weighted by Gasteiger charge is 2.37. The summed E-state index contributed by atoms with van der Waals surface area (Å²) in [5.74, 6) is -1.42. The summed E-state index contributed by atoms with van der Waals surface area (Å²) in [6.45, 7) is 0. The number of carbonyl (C=O) groups excluding carboxylic acids is 1. The molecule has 12 heteroatoms. The van der Waals surface area contributed by atoms with Crippen molar-refractivity contribution in [2.24, 2.45) is 12.8 Å². The van der Waals surface area contributed by atoms with E-state index >= 15 is 0 Å². The number of hydrogen-bond acceptors (Lipinski definition) is 6. The molecule has 1 amide bonds. The van der Waals surface area contributed by atoms with Gasteiger partial charge in [0.15, 0.2) is 5.82 Å². The molecule has 2 aliphatic rings. The third-order valence-electron chi connectivity index (χ3n) is 5.19. The van der Waals surface area contributed by atoms with Gasteiger partial charge in [0.25, 0.3) is 11.7 Å². The van der Waals surface area contributed by atoms with E-state index in [-0.39, 0.29) is 5.82 Å². The number of amides is 1. The van der Waals surface area contributed by atoms with E-state index in [2.05, 4.69) is 20.1 Å². The molecule has 1 fully saturated rings. The SMILES string of the molecule is Cn1nc(C(F)(F)F)nc1C(N)=O.Fc1cnc(C2CC2)cc1-c1nc2c(o1)CCCC2. The Labute approximate surface area is 179 Å². The molecule has 3 aromatic rings. The number of primary amides is 1. The Kier molecular flexibility index (Phi) is 5.70. The van der Waals surface area contributed by atoms with Crippen LogP contribution in [-0.4, -0.2) is 30.6 Å². The third-order valence-corrected chi connectivity index (χ3v) is 5.19. The first-order chi connectivity index (χ1) is 15.1. The maximum absolute atomic E-state index is 13.9. The summed E-state index contributed by atoms with van der Waals surface area (Å²) in [4.78, 5) is 22.1. The molecule has 0 aliphatic heterocycles. The second-order valence-corrected chi connectivity index (χ2v) is 7.70. The molecule has 0 atom stereocenters. The highest BCUT2D eigenvalue weighted by molar-refractivity contribution is 5.88. The van der Waals surface area contributed by atoms with Crippen LogP contribution in [0, 0.1) is 5.82 Å². The maximum Gasteiger partial charge on any atom is 0.453 e. The zero-order valence-corrected chi connectivity index (χ0v) is 17.1. The van der Waals surface area contributed by atoms with Crippen molar-refractivity contribution in [3.63, 3.8) is 0 Å². The van der Waals surface area contributed by atoms with Gasteiger partial charge in [-0.25, -0.2) is 14.1 Å². The van der Waals surface area contributed by atoms with Crippen molar-refractivity contribution in [3.05, 3.63) is 46.9 Å². The summed E-state index contributed by atoms with van der Waals surface area (Å²) in [6.07, 6.45) is 3.09. The summed E-state index contributed by atoms with van der Waals surface area (Å²) in [5, 5.41) is 2.98. The number of alkyl halides is 3. The number of pyridine rings is 1. The first kappa shape index (κ1) is 21.9. The summed E-state index contributed by atoms with van der Waals surface area (Å²) >= 11 is 0. The number of carbonyl (C=O) groups is 1. The van der Waals surface area contributed by atoms with Crippen LogP contribution in [0.2, 0.25) is 0 Å². The molecule has 0 radical (unpaired) electrons. The molecule has 3 heterocycles. The molecule has 0 saturated heterocycles. The molecule has 0 aromatic carbocycles. The van der Waals surface area contributed by atoms with Gasteiger partial charge in [-0.3, -0.25) is 9.78 Å². The van der Waals surface area contributed by atoms with Crippen molar-refractivity contribution in [2.45, 2.75) is 50.6 Å². The van der Waals surface area contributed by atoms with Crippen molar-refractivity contribution in [1.82, 2.24) is 24.7 Å². The Morgan fingerprint density at radius 2 is 1.94 bits per heavy atom. The molecule has 32 heavy (non-hydrogen) atoms. The van der Waals surface area contributed by atoms with Crippen LogP contribution in [0.5, 0.6) is 0 Å². The zero-order valence-electron chi connectivity index (χ0n) is 17.1. The molecule has 1 saturated carbocycles. The number of rotatable bonds is 3. The van der Waals surface area contributed by atoms with Crippen LogP contribution in [0.3, 0.4) is 0 Å². The minimum Gasteiger partial charge on any atom is -0.441 e. The average molecular weight is 452 g/mol. The maximum atomic E-state index is 13.9. The monoisotopic (exact) mass is 452 g/mol. The predicted octanol–water partition coefficient (Wildman–Crippen LogP) is 3.56. The average Bonchev–Trinajstić information content (AvgIpc) is 3.35. The van der Waals surface area contributed by atoms with Gasteiger partial charge in [-0.15, -0.1) is 5.10 Å². The van der Waals surface area contributed by atoms with Crippen LogP contribution in [-0.2, 0) is 26.1 Å². The third kappa shape index (κ3) is 4.63. The van der Waals surface area contributed by atoms with Crippen LogP contribution in [0.1, 0.15) is 65.2 Å². The number of halogens is 4. The van der Waals surface area contributed by atoms with Crippen LogP contribution >= 0.6 is 0 Å². The van der Waals surface area contributed by atoms with Gasteiger partial charge in [-0.05, 0) is 38.2 Å². The van der Waals surface area contributed by atoms with Crippen LogP contribution < -0.4 is 5.73 Å². The fourth-order valence-corrected chi connectivity index (χ4v) is 3.41. The summed E-state index contributed by atoms with van der Waals surface area (Å²) < 4.78 is 56.2. The fraction of sp³-hybridized carbons (Fsp3) is 0.450. The van der Waals surface area contributed by atoms with E-state index in [0.29, 0.717) is 22.1 Å². The Hall–Kier alpha value is -3.31. The standard InChI is InChI=1S/C15H15FN2O.C5H5F3N4O/c16-11-8-17-13(9-5-6-9)7-10(11)15-18-12-3-1-2-4-14(12)19-15;1-12-3(2(9)13)10-4(11-12)5(6,7)8/h7-9H,1-6H2;1H3,(H2,9,13). The number of nitrogens with zero attached hydrogens (tertiary/aromatic N) is 5. The molecule has 0 spiro atoms. The van der Waals surface area contributed by atoms with Gasteiger partial charge in [0.1, 0.15) is 5.76 Å². The van der Waals surface area contributed by atoms with Crippen molar-refractivity contribution in [3.8, 4) is 11.5 Å². The highest BCUT2D eigenvalue weighted by atomic mass is 19.4. The van der Waals surface area contributed by atoms with E-state index in [1.807, 2.05) is 6.07 Å². The van der Waals surface area contributed by atoms with Gasteiger partial charge >= 0.3 is 6.18 Å². The number of aromatic nitrogens is 5. The van der Waals surface area contributed by atoms with E-state index in [1.54, 1.807) is 0 Å². The summed E-state index contributed by atoms with van der Waals surface area (Å²) in [7, 11) is 1.16. The number of oxazole rings is 1. The molecule has 8 nitrogen and oxygen atoms in total. The lowest BCUT2D eigenvalue weighted by molar-refractivity contribution is -0.144. The first-order valence-electron chi connectivity index (χ1n) is 10.1. The Morgan fingerprint density at radius 1 is 1.22 bits per heavy atom. The zero-order chi connectivity index (χ0) is 23.0. The normalized spacial score (nSPS) is 15.7. The van der Waals surface area contributed by atoms with Crippen LogP contribution in [0.15, 0.2) is 16.7 Å². The smallest absolute Gasteiger partial charge is 0.441 e. The molecule has 0 bridgehead atoms. The second-order valence-electron chi connectivity index (χ2n) is 7.70. The fourth-order valence-electron chi connectivity index (χ4n) is 3.41. The Bertz CT molecular complexity index is 1130.